The summed E-state index contributed by atoms with van der Waals surface area (Å²) in [5.41, 5.74) is 0. The van der Waals surface area contributed by atoms with Crippen LogP contribution in [0.15, 0.2) is 45.9 Å². The molecule has 0 fully saturated rings. The highest BCUT2D eigenvalue weighted by Gasteiger charge is 2.09. The first-order chi connectivity index (χ1) is 9.70. The molecule has 0 saturated heterocycles. The van der Waals surface area contributed by atoms with Gasteiger partial charge in [-0.3, -0.25) is 0 Å². The number of carbonyl (C=O) groups is 1. The average molecular weight is 294 g/mol. The Hall–Kier alpha value is -2.08. The van der Waals surface area contributed by atoms with Crippen LogP contribution in [0.5, 0.6) is 11.5 Å². The molecule has 0 saturated carbocycles. The highest BCUT2D eigenvalue weighted by atomic mass is 32.2. The molecule has 106 valence electrons. The van der Waals surface area contributed by atoms with E-state index in [1.807, 2.05) is 24.3 Å². The Kier molecular flexibility index (Phi) is 4.95. The van der Waals surface area contributed by atoms with E-state index in [0.717, 1.165) is 0 Å². The first kappa shape index (κ1) is 14.3. The smallest absolute Gasteiger partial charge is 0.371 e. The first-order valence-electron chi connectivity index (χ1n) is 5.92. The summed E-state index contributed by atoms with van der Waals surface area (Å²) in [6, 6.07) is 10.5. The molecular formula is C14H14O5S. The van der Waals surface area contributed by atoms with Gasteiger partial charge in [0.25, 0.3) is 0 Å². The molecule has 1 N–H and O–H groups in total. The van der Waals surface area contributed by atoms with Crippen LogP contribution in [0.3, 0.4) is 0 Å². The molecule has 0 atom stereocenters. The Morgan fingerprint density at radius 3 is 2.65 bits per heavy atom. The lowest BCUT2D eigenvalue weighted by Gasteiger charge is -2.09. The number of methoxy groups -OCH3 is 1. The van der Waals surface area contributed by atoms with E-state index in [1.165, 1.54) is 17.8 Å². The van der Waals surface area contributed by atoms with Crippen molar-refractivity contribution in [3.8, 4) is 11.5 Å². The number of benzene rings is 1. The number of para-hydroxylation sites is 2. The number of thioether (sulfide) groups is 1. The molecule has 0 amide bonds. The van der Waals surface area contributed by atoms with Crippen molar-refractivity contribution in [1.29, 1.82) is 0 Å². The van der Waals surface area contributed by atoms with Crippen LogP contribution in [0.4, 0.5) is 0 Å². The van der Waals surface area contributed by atoms with Gasteiger partial charge in [0, 0.05) is 5.75 Å². The molecule has 6 heteroatoms. The molecule has 0 aliphatic heterocycles. The molecule has 2 aromatic rings. The maximum absolute atomic E-state index is 10.7. The standard InChI is InChI=1S/C14H14O5S/c1-17-10-4-2-3-5-11(10)18-8-9-20-13-7-6-12(19-13)14(15)16/h2-7H,8-9H2,1H3,(H,15,16). The van der Waals surface area contributed by atoms with Crippen LogP contribution in [0.1, 0.15) is 10.6 Å². The Morgan fingerprint density at radius 1 is 1.25 bits per heavy atom. The summed E-state index contributed by atoms with van der Waals surface area (Å²) in [6.07, 6.45) is 0. The second-order valence-corrected chi connectivity index (χ2v) is 4.87. The van der Waals surface area contributed by atoms with E-state index < -0.39 is 5.97 Å². The van der Waals surface area contributed by atoms with Gasteiger partial charge in [0.1, 0.15) is 0 Å². The molecule has 0 unspecified atom stereocenters. The molecule has 2 rings (SSSR count). The quantitative estimate of drug-likeness (QED) is 0.625. The molecule has 5 nitrogen and oxygen atoms in total. The lowest BCUT2D eigenvalue weighted by molar-refractivity contribution is 0.0656. The Bertz CT molecular complexity index is 578. The van der Waals surface area contributed by atoms with Crippen LogP contribution in [-0.2, 0) is 0 Å². The van der Waals surface area contributed by atoms with Gasteiger partial charge in [-0.1, -0.05) is 23.9 Å². The molecule has 1 aromatic heterocycles. The molecule has 0 spiro atoms. The minimum absolute atomic E-state index is 0.0573. The molecule has 20 heavy (non-hydrogen) atoms. The van der Waals surface area contributed by atoms with Crippen molar-refractivity contribution < 1.29 is 23.8 Å². The topological polar surface area (TPSA) is 68.9 Å². The second-order valence-electron chi connectivity index (χ2n) is 3.77. The minimum Gasteiger partial charge on any atom is -0.493 e. The first-order valence-corrected chi connectivity index (χ1v) is 6.91. The summed E-state index contributed by atoms with van der Waals surface area (Å²) in [6.45, 7) is 0.466. The normalized spacial score (nSPS) is 10.2. The van der Waals surface area contributed by atoms with Crippen LogP contribution >= 0.6 is 11.8 Å². The van der Waals surface area contributed by atoms with E-state index >= 15 is 0 Å². The van der Waals surface area contributed by atoms with Gasteiger partial charge in [-0.2, -0.15) is 0 Å². The molecular weight excluding hydrogens is 280 g/mol. The largest absolute Gasteiger partial charge is 0.493 e. The Labute approximate surface area is 120 Å². The summed E-state index contributed by atoms with van der Waals surface area (Å²) in [5.74, 6) is 0.884. The fourth-order valence-electron chi connectivity index (χ4n) is 1.54. The summed E-state index contributed by atoms with van der Waals surface area (Å²) in [4.78, 5) is 10.7. The Balaban J connectivity index is 1.80. The Morgan fingerprint density at radius 2 is 2.00 bits per heavy atom. The summed E-state index contributed by atoms with van der Waals surface area (Å²) in [5, 5.41) is 9.30. The predicted octanol–water partition coefficient (Wildman–Crippen LogP) is 3.16. The molecule has 0 aliphatic rings. The van der Waals surface area contributed by atoms with E-state index in [0.29, 0.717) is 29.0 Å². The fraction of sp³-hybridized carbons (Fsp3) is 0.214. The van der Waals surface area contributed by atoms with Gasteiger partial charge in [0.15, 0.2) is 16.6 Å². The van der Waals surface area contributed by atoms with Crippen molar-refractivity contribution in [2.24, 2.45) is 0 Å². The predicted molar refractivity (Wildman–Crippen MR) is 74.9 cm³/mol. The molecule has 1 aromatic carbocycles. The minimum atomic E-state index is -1.07. The van der Waals surface area contributed by atoms with Crippen LogP contribution in [0.25, 0.3) is 0 Å². The number of furan rings is 1. The summed E-state index contributed by atoms with van der Waals surface area (Å²) >= 11 is 1.40. The van der Waals surface area contributed by atoms with Gasteiger partial charge in [0.05, 0.1) is 13.7 Å². The van der Waals surface area contributed by atoms with Crippen molar-refractivity contribution in [1.82, 2.24) is 0 Å². The lowest BCUT2D eigenvalue weighted by Crippen LogP contribution is -2.01. The fourth-order valence-corrected chi connectivity index (χ4v) is 2.23. The van der Waals surface area contributed by atoms with Crippen molar-refractivity contribution >= 4 is 17.7 Å². The van der Waals surface area contributed by atoms with E-state index in [2.05, 4.69) is 0 Å². The van der Waals surface area contributed by atoms with Crippen molar-refractivity contribution in [2.45, 2.75) is 5.09 Å². The third-order valence-electron chi connectivity index (χ3n) is 2.45. The number of ether oxygens (including phenoxy) is 2. The maximum Gasteiger partial charge on any atom is 0.371 e. The number of aromatic carboxylic acids is 1. The van der Waals surface area contributed by atoms with Gasteiger partial charge in [-0.15, -0.1) is 0 Å². The number of rotatable bonds is 7. The van der Waals surface area contributed by atoms with Crippen LogP contribution in [0, 0.1) is 0 Å². The van der Waals surface area contributed by atoms with Crippen molar-refractivity contribution in [3.63, 3.8) is 0 Å². The second kappa shape index (κ2) is 6.91. The van der Waals surface area contributed by atoms with Crippen LogP contribution in [-0.4, -0.2) is 30.5 Å². The number of carboxylic acid groups (broad SMARTS) is 1. The zero-order chi connectivity index (χ0) is 14.4. The molecule has 0 bridgehead atoms. The van der Waals surface area contributed by atoms with Crippen molar-refractivity contribution in [3.05, 3.63) is 42.2 Å². The lowest BCUT2D eigenvalue weighted by atomic mass is 10.3. The number of hydrogen-bond donors (Lipinski definition) is 1. The van der Waals surface area contributed by atoms with Crippen molar-refractivity contribution in [2.75, 3.05) is 19.5 Å². The van der Waals surface area contributed by atoms with Gasteiger partial charge in [-0.05, 0) is 24.3 Å². The number of hydrogen-bond acceptors (Lipinski definition) is 5. The zero-order valence-corrected chi connectivity index (χ0v) is 11.7. The molecule has 1 heterocycles. The monoisotopic (exact) mass is 294 g/mol. The summed E-state index contributed by atoms with van der Waals surface area (Å²) < 4.78 is 15.9. The average Bonchev–Trinajstić information content (AvgIpc) is 2.93. The number of carboxylic acids is 1. The van der Waals surface area contributed by atoms with Gasteiger partial charge in [0.2, 0.25) is 5.76 Å². The third-order valence-corrected chi connectivity index (χ3v) is 3.32. The van der Waals surface area contributed by atoms with E-state index in [-0.39, 0.29) is 5.76 Å². The molecule has 0 radical (unpaired) electrons. The zero-order valence-electron chi connectivity index (χ0n) is 10.9. The highest BCUT2D eigenvalue weighted by Crippen LogP contribution is 2.26. The van der Waals surface area contributed by atoms with Crippen LogP contribution < -0.4 is 9.47 Å². The summed E-state index contributed by atoms with van der Waals surface area (Å²) in [7, 11) is 1.59. The van der Waals surface area contributed by atoms with E-state index in [4.69, 9.17) is 19.0 Å². The molecule has 0 aliphatic carbocycles. The maximum atomic E-state index is 10.7. The van der Waals surface area contributed by atoms with E-state index in [1.54, 1.807) is 13.2 Å². The van der Waals surface area contributed by atoms with Gasteiger partial charge in [-0.25, -0.2) is 4.79 Å². The SMILES string of the molecule is COc1ccccc1OCCSc1ccc(C(=O)O)o1. The van der Waals surface area contributed by atoms with Gasteiger partial charge < -0.3 is 19.0 Å². The van der Waals surface area contributed by atoms with Gasteiger partial charge >= 0.3 is 5.97 Å². The van der Waals surface area contributed by atoms with E-state index in [9.17, 15) is 4.79 Å². The van der Waals surface area contributed by atoms with Crippen LogP contribution in [0.2, 0.25) is 0 Å². The highest BCUT2D eigenvalue weighted by molar-refractivity contribution is 7.99. The third kappa shape index (κ3) is 3.71.